The number of methoxy groups -OCH3 is 1. The summed E-state index contributed by atoms with van der Waals surface area (Å²) < 4.78 is 4.67. The SMILES string of the molecule is COC(=O)c1cccc(-c2ccc(C=O)cc2C#N)c1N. The first kappa shape index (κ1) is 14.3. The molecule has 2 N–H and O–H groups in total. The van der Waals surface area contributed by atoms with Gasteiger partial charge in [0, 0.05) is 16.7 Å². The minimum atomic E-state index is -0.544. The molecule has 2 rings (SSSR count). The highest BCUT2D eigenvalue weighted by Crippen LogP contribution is 2.31. The maximum atomic E-state index is 11.7. The number of carbonyl (C=O) groups is 2. The Kier molecular flexibility index (Phi) is 4.00. The molecule has 0 aromatic heterocycles. The minimum Gasteiger partial charge on any atom is -0.465 e. The van der Waals surface area contributed by atoms with Crippen molar-refractivity contribution in [2.24, 2.45) is 0 Å². The minimum absolute atomic E-state index is 0.235. The zero-order valence-electron chi connectivity index (χ0n) is 11.3. The molecule has 0 aliphatic rings. The van der Waals surface area contributed by atoms with Crippen LogP contribution in [0, 0.1) is 11.3 Å². The fourth-order valence-corrected chi connectivity index (χ4v) is 2.05. The highest BCUT2D eigenvalue weighted by atomic mass is 16.5. The van der Waals surface area contributed by atoms with Crippen LogP contribution in [0.1, 0.15) is 26.3 Å². The molecule has 0 fully saturated rings. The Morgan fingerprint density at radius 1 is 1.29 bits per heavy atom. The van der Waals surface area contributed by atoms with Crippen molar-refractivity contribution in [3.63, 3.8) is 0 Å². The molecular weight excluding hydrogens is 268 g/mol. The van der Waals surface area contributed by atoms with E-state index in [4.69, 9.17) is 5.73 Å². The van der Waals surface area contributed by atoms with Gasteiger partial charge in [-0.2, -0.15) is 5.26 Å². The monoisotopic (exact) mass is 280 g/mol. The van der Waals surface area contributed by atoms with Crippen LogP contribution in [0.25, 0.3) is 11.1 Å². The van der Waals surface area contributed by atoms with Crippen LogP contribution in [-0.2, 0) is 4.74 Å². The van der Waals surface area contributed by atoms with Gasteiger partial charge in [-0.25, -0.2) is 4.79 Å². The Balaban J connectivity index is 2.66. The topological polar surface area (TPSA) is 93.2 Å². The summed E-state index contributed by atoms with van der Waals surface area (Å²) in [4.78, 5) is 22.4. The first-order valence-corrected chi connectivity index (χ1v) is 6.09. The number of benzene rings is 2. The molecule has 2 aromatic rings. The van der Waals surface area contributed by atoms with Crippen LogP contribution in [0.15, 0.2) is 36.4 Å². The van der Waals surface area contributed by atoms with E-state index in [0.29, 0.717) is 28.5 Å². The molecule has 0 aliphatic heterocycles. The molecule has 2 aromatic carbocycles. The molecule has 5 heteroatoms. The summed E-state index contributed by atoms with van der Waals surface area (Å²) in [7, 11) is 1.27. The lowest BCUT2D eigenvalue weighted by Crippen LogP contribution is -2.06. The van der Waals surface area contributed by atoms with Crippen molar-refractivity contribution in [2.45, 2.75) is 0 Å². The van der Waals surface area contributed by atoms with Crippen molar-refractivity contribution < 1.29 is 14.3 Å². The largest absolute Gasteiger partial charge is 0.465 e. The summed E-state index contributed by atoms with van der Waals surface area (Å²) in [5.41, 5.74) is 8.30. The summed E-state index contributed by atoms with van der Waals surface area (Å²) >= 11 is 0. The number of nitrogen functional groups attached to an aromatic ring is 1. The molecule has 104 valence electrons. The van der Waals surface area contributed by atoms with E-state index in [1.165, 1.54) is 13.2 Å². The van der Waals surface area contributed by atoms with Gasteiger partial charge in [-0.3, -0.25) is 4.79 Å². The number of hydrogen-bond acceptors (Lipinski definition) is 5. The molecule has 0 amide bonds. The van der Waals surface area contributed by atoms with Gasteiger partial charge in [0.15, 0.2) is 0 Å². The van der Waals surface area contributed by atoms with Gasteiger partial charge in [0.25, 0.3) is 0 Å². The first-order valence-electron chi connectivity index (χ1n) is 6.09. The highest BCUT2D eigenvalue weighted by molar-refractivity contribution is 6.00. The Hall–Kier alpha value is -3.13. The fraction of sp³-hybridized carbons (Fsp3) is 0.0625. The lowest BCUT2D eigenvalue weighted by atomic mass is 9.95. The van der Waals surface area contributed by atoms with E-state index < -0.39 is 5.97 Å². The summed E-state index contributed by atoms with van der Waals surface area (Å²) in [6, 6.07) is 11.6. The molecule has 0 unspecified atom stereocenters. The molecule has 0 radical (unpaired) electrons. The van der Waals surface area contributed by atoms with Crippen LogP contribution in [-0.4, -0.2) is 19.4 Å². The van der Waals surface area contributed by atoms with Crippen LogP contribution in [0.2, 0.25) is 0 Å². The average Bonchev–Trinajstić information content (AvgIpc) is 2.53. The van der Waals surface area contributed by atoms with E-state index in [2.05, 4.69) is 4.74 Å². The van der Waals surface area contributed by atoms with E-state index in [0.717, 1.165) is 0 Å². The Bertz CT molecular complexity index is 761. The summed E-state index contributed by atoms with van der Waals surface area (Å²) in [6.07, 6.45) is 0.666. The molecule has 0 heterocycles. The second kappa shape index (κ2) is 5.88. The van der Waals surface area contributed by atoms with Gasteiger partial charge in [0.2, 0.25) is 0 Å². The molecule has 0 saturated heterocycles. The van der Waals surface area contributed by atoms with Crippen molar-refractivity contribution >= 4 is 17.9 Å². The van der Waals surface area contributed by atoms with Gasteiger partial charge < -0.3 is 10.5 Å². The number of anilines is 1. The number of nitriles is 1. The second-order valence-electron chi connectivity index (χ2n) is 4.29. The molecule has 0 spiro atoms. The van der Waals surface area contributed by atoms with Gasteiger partial charge in [0.1, 0.15) is 6.29 Å². The maximum absolute atomic E-state index is 11.7. The van der Waals surface area contributed by atoms with Crippen LogP contribution < -0.4 is 5.73 Å². The van der Waals surface area contributed by atoms with Gasteiger partial charge in [-0.1, -0.05) is 24.3 Å². The number of nitrogens with zero attached hydrogens (tertiary/aromatic N) is 1. The van der Waals surface area contributed by atoms with Crippen LogP contribution >= 0.6 is 0 Å². The van der Waals surface area contributed by atoms with Gasteiger partial charge in [-0.15, -0.1) is 0 Å². The number of rotatable bonds is 3. The number of para-hydroxylation sites is 1. The quantitative estimate of drug-likeness (QED) is 0.529. The van der Waals surface area contributed by atoms with E-state index in [1.54, 1.807) is 30.3 Å². The smallest absolute Gasteiger partial charge is 0.339 e. The lowest BCUT2D eigenvalue weighted by Gasteiger charge is -2.11. The molecule has 21 heavy (non-hydrogen) atoms. The third-order valence-electron chi connectivity index (χ3n) is 3.10. The third kappa shape index (κ3) is 2.60. The molecule has 0 atom stereocenters. The standard InChI is InChI=1S/C16H12N2O3/c1-21-16(20)14-4-2-3-13(15(14)18)12-6-5-10(9-19)7-11(12)8-17/h2-7,9H,18H2,1H3. The molecule has 5 nitrogen and oxygen atoms in total. The number of ether oxygens (including phenoxy) is 1. The maximum Gasteiger partial charge on any atom is 0.339 e. The number of hydrogen-bond donors (Lipinski definition) is 1. The van der Waals surface area contributed by atoms with E-state index in [-0.39, 0.29) is 11.3 Å². The first-order chi connectivity index (χ1) is 10.1. The van der Waals surface area contributed by atoms with Crippen molar-refractivity contribution in [1.29, 1.82) is 5.26 Å². The summed E-state index contributed by atoms with van der Waals surface area (Å²) in [5, 5.41) is 9.22. The predicted octanol–water partition coefficient (Wildman–Crippen LogP) is 2.41. The number of nitrogens with two attached hydrogens (primary N) is 1. The summed E-state index contributed by atoms with van der Waals surface area (Å²) in [5.74, 6) is -0.544. The van der Waals surface area contributed by atoms with Gasteiger partial charge in [-0.05, 0) is 12.1 Å². The van der Waals surface area contributed by atoms with Crippen LogP contribution in [0.3, 0.4) is 0 Å². The second-order valence-corrected chi connectivity index (χ2v) is 4.29. The van der Waals surface area contributed by atoms with Gasteiger partial charge >= 0.3 is 5.97 Å². The van der Waals surface area contributed by atoms with Crippen molar-refractivity contribution in [1.82, 2.24) is 0 Å². The Morgan fingerprint density at radius 3 is 2.67 bits per heavy atom. The van der Waals surface area contributed by atoms with E-state index in [9.17, 15) is 14.9 Å². The zero-order chi connectivity index (χ0) is 15.4. The lowest BCUT2D eigenvalue weighted by molar-refractivity contribution is 0.0602. The molecule has 0 saturated carbocycles. The van der Waals surface area contributed by atoms with Crippen molar-refractivity contribution in [3.05, 3.63) is 53.1 Å². The number of aldehydes is 1. The van der Waals surface area contributed by atoms with E-state index in [1.807, 2.05) is 6.07 Å². The molecular formula is C16H12N2O3. The zero-order valence-corrected chi connectivity index (χ0v) is 11.3. The fourth-order valence-electron chi connectivity index (χ4n) is 2.05. The summed E-state index contributed by atoms with van der Waals surface area (Å²) in [6.45, 7) is 0. The van der Waals surface area contributed by atoms with E-state index >= 15 is 0 Å². The Labute approximate surface area is 121 Å². The normalized spacial score (nSPS) is 9.71. The number of esters is 1. The predicted molar refractivity (Wildman–Crippen MR) is 77.7 cm³/mol. The number of carbonyl (C=O) groups excluding carboxylic acids is 2. The Morgan fingerprint density at radius 2 is 2.05 bits per heavy atom. The van der Waals surface area contributed by atoms with Crippen LogP contribution in [0.5, 0.6) is 0 Å². The third-order valence-corrected chi connectivity index (χ3v) is 3.10. The van der Waals surface area contributed by atoms with Crippen LogP contribution in [0.4, 0.5) is 5.69 Å². The molecule has 0 bridgehead atoms. The molecule has 0 aliphatic carbocycles. The highest BCUT2D eigenvalue weighted by Gasteiger charge is 2.16. The van der Waals surface area contributed by atoms with Gasteiger partial charge in [0.05, 0.1) is 30.0 Å². The van der Waals surface area contributed by atoms with Crippen molar-refractivity contribution in [2.75, 3.05) is 12.8 Å². The van der Waals surface area contributed by atoms with Crippen molar-refractivity contribution in [3.8, 4) is 17.2 Å². The average molecular weight is 280 g/mol.